The first-order chi connectivity index (χ1) is 14.6. The zero-order valence-electron chi connectivity index (χ0n) is 16.5. The zero-order chi connectivity index (χ0) is 23.2. The second kappa shape index (κ2) is 9.90. The summed E-state index contributed by atoms with van der Waals surface area (Å²) in [6, 6.07) is 7.84. The molecule has 0 aromatic heterocycles. The highest BCUT2D eigenvalue weighted by Crippen LogP contribution is 2.28. The molecule has 31 heavy (non-hydrogen) atoms. The van der Waals surface area contributed by atoms with Crippen LogP contribution in [0, 0.1) is 0 Å². The number of rotatable bonds is 9. The van der Waals surface area contributed by atoms with Gasteiger partial charge in [0.15, 0.2) is 34.6 Å². The van der Waals surface area contributed by atoms with Gasteiger partial charge in [-0.25, -0.2) is 0 Å². The van der Waals surface area contributed by atoms with Crippen molar-refractivity contribution in [3.05, 3.63) is 59.7 Å². The Kier molecular flexibility index (Phi) is 7.54. The van der Waals surface area contributed by atoms with Crippen molar-refractivity contribution >= 4 is 23.7 Å². The molecule has 0 radical (unpaired) electrons. The molecule has 2 aromatic rings. The van der Waals surface area contributed by atoms with Gasteiger partial charge in [0.05, 0.1) is 13.7 Å². The van der Waals surface area contributed by atoms with Gasteiger partial charge in [0.25, 0.3) is 0 Å². The quantitative estimate of drug-likeness (QED) is 0.191. The van der Waals surface area contributed by atoms with Gasteiger partial charge in [-0.15, -0.1) is 0 Å². The van der Waals surface area contributed by atoms with Crippen molar-refractivity contribution in [2.24, 2.45) is 0 Å². The molecule has 164 valence electrons. The first-order valence-electron chi connectivity index (χ1n) is 8.98. The van der Waals surface area contributed by atoms with E-state index in [0.29, 0.717) is 5.56 Å². The summed E-state index contributed by atoms with van der Waals surface area (Å²) >= 11 is 0. The molecule has 0 fully saturated rings. The molecule has 0 heterocycles. The van der Waals surface area contributed by atoms with Crippen molar-refractivity contribution in [2.75, 3.05) is 13.7 Å². The molecule has 0 saturated heterocycles. The third-order valence-corrected chi connectivity index (χ3v) is 4.46. The summed E-state index contributed by atoms with van der Waals surface area (Å²) < 4.78 is 4.96. The number of ketones is 2. The van der Waals surface area contributed by atoms with Gasteiger partial charge in [0.2, 0.25) is 5.60 Å². The lowest BCUT2D eigenvalue weighted by Gasteiger charge is -2.26. The van der Waals surface area contributed by atoms with E-state index >= 15 is 0 Å². The predicted octanol–water partition coefficient (Wildman–Crippen LogP) is 0.761. The number of benzene rings is 2. The summed E-state index contributed by atoms with van der Waals surface area (Å²) in [5.41, 5.74) is -2.31. The Balaban J connectivity index is 2.31. The summed E-state index contributed by atoms with van der Waals surface area (Å²) in [7, 11) is 1.34. The average molecular weight is 430 g/mol. The fraction of sp³-hybridized carbons (Fsp3) is 0.182. The van der Waals surface area contributed by atoms with Crippen molar-refractivity contribution in [1.29, 1.82) is 0 Å². The SMILES string of the molecule is COc1cc(/C=C/C(=O)C(O)(C(=O)/C=C/c2ccc(O)c(O)c2)C(O)CO)ccc1O. The largest absolute Gasteiger partial charge is 0.504 e. The average Bonchev–Trinajstić information content (AvgIpc) is 2.77. The maximum absolute atomic E-state index is 12.6. The maximum Gasteiger partial charge on any atom is 0.217 e. The highest BCUT2D eigenvalue weighted by Gasteiger charge is 2.47. The normalized spacial score (nSPS) is 14.5. The number of carbonyl (C=O) groups excluding carboxylic acids is 2. The molecular formula is C22H22O9. The lowest BCUT2D eigenvalue weighted by Crippen LogP contribution is -2.56. The van der Waals surface area contributed by atoms with Crippen LogP contribution in [0.5, 0.6) is 23.0 Å². The van der Waals surface area contributed by atoms with E-state index in [-0.39, 0.29) is 22.8 Å². The monoisotopic (exact) mass is 430 g/mol. The molecule has 9 nitrogen and oxygen atoms in total. The smallest absolute Gasteiger partial charge is 0.217 e. The number of ether oxygens (including phenoxy) is 1. The van der Waals surface area contributed by atoms with Gasteiger partial charge in [-0.1, -0.05) is 24.3 Å². The Hall–Kier alpha value is -3.66. The van der Waals surface area contributed by atoms with Crippen LogP contribution < -0.4 is 4.74 Å². The molecule has 6 N–H and O–H groups in total. The molecule has 2 atom stereocenters. The number of aliphatic hydroxyl groups is 3. The van der Waals surface area contributed by atoms with Crippen molar-refractivity contribution in [1.82, 2.24) is 0 Å². The van der Waals surface area contributed by atoms with E-state index < -0.39 is 35.6 Å². The number of aliphatic hydroxyl groups excluding tert-OH is 2. The van der Waals surface area contributed by atoms with Gasteiger partial charge in [0, 0.05) is 0 Å². The number of phenols is 3. The van der Waals surface area contributed by atoms with Crippen molar-refractivity contribution in [2.45, 2.75) is 11.7 Å². The molecule has 0 saturated carbocycles. The molecule has 0 spiro atoms. The fourth-order valence-electron chi connectivity index (χ4n) is 2.62. The maximum atomic E-state index is 12.6. The fourth-order valence-corrected chi connectivity index (χ4v) is 2.62. The standard InChI is InChI=1S/C22H22O9/c1-31-18-11-14(3-7-16(18)25)5-9-20(28)22(30,21(29)12-23)19(27)8-4-13-2-6-15(24)17(26)10-13/h2-11,21,23-26,29-30H,12H2,1H3/b8-4+,9-5+. The number of methoxy groups -OCH3 is 1. The zero-order valence-corrected chi connectivity index (χ0v) is 16.5. The Morgan fingerprint density at radius 3 is 1.94 bits per heavy atom. The number of phenolic OH excluding ortho intramolecular Hbond substituents is 3. The van der Waals surface area contributed by atoms with Gasteiger partial charge < -0.3 is 35.4 Å². The Bertz CT molecular complexity index is 1030. The van der Waals surface area contributed by atoms with Gasteiger partial charge in [-0.2, -0.15) is 0 Å². The van der Waals surface area contributed by atoms with E-state index in [4.69, 9.17) is 4.74 Å². The van der Waals surface area contributed by atoms with Crippen LogP contribution in [0.25, 0.3) is 12.2 Å². The minimum atomic E-state index is -2.97. The molecule has 0 aliphatic heterocycles. The van der Waals surface area contributed by atoms with Crippen LogP contribution >= 0.6 is 0 Å². The van der Waals surface area contributed by atoms with Crippen LogP contribution in [0.4, 0.5) is 0 Å². The molecule has 0 aliphatic rings. The first-order valence-corrected chi connectivity index (χ1v) is 8.98. The van der Waals surface area contributed by atoms with E-state index in [1.54, 1.807) is 0 Å². The third-order valence-electron chi connectivity index (χ3n) is 4.46. The lowest BCUT2D eigenvalue weighted by atomic mass is 9.86. The van der Waals surface area contributed by atoms with E-state index in [9.17, 15) is 40.2 Å². The van der Waals surface area contributed by atoms with Gasteiger partial charge in [0.1, 0.15) is 6.10 Å². The van der Waals surface area contributed by atoms with E-state index in [0.717, 1.165) is 24.3 Å². The number of carbonyl (C=O) groups is 2. The molecule has 2 aromatic carbocycles. The first kappa shape index (κ1) is 23.6. The predicted molar refractivity (Wildman–Crippen MR) is 111 cm³/mol. The number of hydrogen-bond acceptors (Lipinski definition) is 9. The van der Waals surface area contributed by atoms with E-state index in [2.05, 4.69) is 0 Å². The van der Waals surface area contributed by atoms with Gasteiger partial charge >= 0.3 is 0 Å². The molecular weight excluding hydrogens is 408 g/mol. The highest BCUT2D eigenvalue weighted by atomic mass is 16.5. The third kappa shape index (κ3) is 5.28. The number of aromatic hydroxyl groups is 3. The van der Waals surface area contributed by atoms with Crippen molar-refractivity contribution in [3.8, 4) is 23.0 Å². The Morgan fingerprint density at radius 2 is 1.45 bits per heavy atom. The van der Waals surface area contributed by atoms with E-state index in [1.807, 2.05) is 0 Å². The topological polar surface area (TPSA) is 165 Å². The second-order valence-corrected chi connectivity index (χ2v) is 6.54. The van der Waals surface area contributed by atoms with Crippen LogP contribution in [0.15, 0.2) is 48.6 Å². The molecule has 2 unspecified atom stereocenters. The minimum Gasteiger partial charge on any atom is -0.504 e. The Morgan fingerprint density at radius 1 is 0.935 bits per heavy atom. The molecule has 0 aliphatic carbocycles. The summed E-state index contributed by atoms with van der Waals surface area (Å²) in [6.45, 7) is -1.07. The lowest BCUT2D eigenvalue weighted by molar-refractivity contribution is -0.159. The molecule has 2 rings (SSSR count). The Labute approximate surface area is 177 Å². The van der Waals surface area contributed by atoms with Crippen LogP contribution in [-0.4, -0.2) is 67.6 Å². The minimum absolute atomic E-state index is 0.126. The highest BCUT2D eigenvalue weighted by molar-refractivity contribution is 6.20. The molecule has 9 heteroatoms. The van der Waals surface area contributed by atoms with Crippen LogP contribution in [0.3, 0.4) is 0 Å². The van der Waals surface area contributed by atoms with Gasteiger partial charge in [-0.05, 0) is 47.5 Å². The summed E-state index contributed by atoms with van der Waals surface area (Å²) in [5.74, 6) is -3.20. The molecule has 0 bridgehead atoms. The summed E-state index contributed by atoms with van der Waals surface area (Å²) in [6.07, 6.45) is 1.93. The molecule has 0 amide bonds. The van der Waals surface area contributed by atoms with Crippen molar-refractivity contribution in [3.63, 3.8) is 0 Å². The van der Waals surface area contributed by atoms with Crippen LogP contribution in [-0.2, 0) is 9.59 Å². The van der Waals surface area contributed by atoms with Gasteiger partial charge in [-0.3, -0.25) is 9.59 Å². The second-order valence-electron chi connectivity index (χ2n) is 6.54. The van der Waals surface area contributed by atoms with Crippen LogP contribution in [0.2, 0.25) is 0 Å². The summed E-state index contributed by atoms with van der Waals surface area (Å²) in [4.78, 5) is 25.2. The summed E-state index contributed by atoms with van der Waals surface area (Å²) in [5, 5.41) is 58.3. The van der Waals surface area contributed by atoms with Crippen LogP contribution in [0.1, 0.15) is 11.1 Å². The van der Waals surface area contributed by atoms with Crippen molar-refractivity contribution < 1.29 is 45.0 Å². The number of hydrogen-bond donors (Lipinski definition) is 6. The van der Waals surface area contributed by atoms with E-state index in [1.165, 1.54) is 43.5 Å².